The normalized spacial score (nSPS) is 10.4. The van der Waals surface area contributed by atoms with Crippen LogP contribution in [0.2, 0.25) is 0 Å². The predicted octanol–water partition coefficient (Wildman–Crippen LogP) is 2.89. The maximum atomic E-state index is 9.26. The van der Waals surface area contributed by atoms with Gasteiger partial charge in [-0.05, 0) is 24.3 Å². The Morgan fingerprint density at radius 2 is 2.11 bits per heavy atom. The van der Waals surface area contributed by atoms with Gasteiger partial charge in [0.2, 0.25) is 5.95 Å². The summed E-state index contributed by atoms with van der Waals surface area (Å²) < 4.78 is 7.40. The van der Waals surface area contributed by atoms with Crippen molar-refractivity contribution in [2.24, 2.45) is 0 Å². The zero-order valence-corrected chi connectivity index (χ0v) is 15.4. The number of benzene rings is 1. The zero-order valence-electron chi connectivity index (χ0n) is 14.6. The summed E-state index contributed by atoms with van der Waals surface area (Å²) in [7, 11) is 0. The number of nitrogens with one attached hydrogen (secondary N) is 1. The molecule has 28 heavy (non-hydrogen) atoms. The summed E-state index contributed by atoms with van der Waals surface area (Å²) in [5.41, 5.74) is 1.71. The number of anilines is 2. The van der Waals surface area contributed by atoms with Crippen LogP contribution in [0.3, 0.4) is 0 Å². The Bertz CT molecular complexity index is 1070. The quantitative estimate of drug-likeness (QED) is 0.512. The highest BCUT2D eigenvalue weighted by molar-refractivity contribution is 7.13. The van der Waals surface area contributed by atoms with E-state index >= 15 is 0 Å². The van der Waals surface area contributed by atoms with Crippen LogP contribution < -0.4 is 10.1 Å². The molecule has 4 rings (SSSR count). The van der Waals surface area contributed by atoms with E-state index in [0.717, 1.165) is 11.4 Å². The average Bonchev–Trinajstić information content (AvgIpc) is 3.44. The Balaban J connectivity index is 1.41. The molecule has 0 saturated heterocycles. The molecule has 10 heteroatoms. The first-order chi connectivity index (χ1) is 13.8. The average molecular weight is 390 g/mol. The van der Waals surface area contributed by atoms with Gasteiger partial charge >= 0.3 is 0 Å². The Hall–Kier alpha value is -3.84. The molecule has 0 fully saturated rings. The second-order valence-corrected chi connectivity index (χ2v) is 6.46. The van der Waals surface area contributed by atoms with Gasteiger partial charge < -0.3 is 10.1 Å². The van der Waals surface area contributed by atoms with Gasteiger partial charge in [-0.1, -0.05) is 0 Å². The summed E-state index contributed by atoms with van der Waals surface area (Å²) in [6, 6.07) is 9.55. The van der Waals surface area contributed by atoms with Crippen LogP contribution in [0, 0.1) is 11.3 Å². The highest BCUT2D eigenvalue weighted by Crippen LogP contribution is 2.25. The van der Waals surface area contributed by atoms with Crippen LogP contribution in [0.25, 0.3) is 10.7 Å². The second kappa shape index (κ2) is 8.24. The number of ether oxygens (including phenoxy) is 1. The van der Waals surface area contributed by atoms with E-state index in [0.29, 0.717) is 35.4 Å². The summed E-state index contributed by atoms with van der Waals surface area (Å²) in [6.45, 7) is 1.12. The van der Waals surface area contributed by atoms with E-state index in [1.165, 1.54) is 23.9 Å². The topological polar surface area (TPSA) is 114 Å². The Morgan fingerprint density at radius 3 is 2.82 bits per heavy atom. The van der Waals surface area contributed by atoms with Crippen LogP contribution >= 0.6 is 11.3 Å². The van der Waals surface area contributed by atoms with Gasteiger partial charge in [0.25, 0.3) is 0 Å². The molecule has 1 N–H and O–H groups in total. The SMILES string of the molecule is N#Cc1cnc(Nc2ccc(OCCn3cncn3)cc2)nc1-c1nccs1. The van der Waals surface area contributed by atoms with Crippen molar-refractivity contribution < 1.29 is 4.74 Å². The molecule has 0 unspecified atom stereocenters. The van der Waals surface area contributed by atoms with Crippen LogP contribution in [-0.2, 0) is 6.54 Å². The molecule has 0 spiro atoms. The lowest BCUT2D eigenvalue weighted by molar-refractivity contribution is 0.291. The Morgan fingerprint density at radius 1 is 1.21 bits per heavy atom. The molecule has 9 nitrogen and oxygen atoms in total. The van der Waals surface area contributed by atoms with E-state index < -0.39 is 0 Å². The van der Waals surface area contributed by atoms with Gasteiger partial charge in [0, 0.05) is 17.3 Å². The molecule has 1 aromatic carbocycles. The van der Waals surface area contributed by atoms with Gasteiger partial charge in [0.15, 0.2) is 0 Å². The van der Waals surface area contributed by atoms with E-state index in [1.807, 2.05) is 29.6 Å². The Labute approximate surface area is 164 Å². The smallest absolute Gasteiger partial charge is 0.227 e. The van der Waals surface area contributed by atoms with Gasteiger partial charge in [0.1, 0.15) is 41.8 Å². The van der Waals surface area contributed by atoms with Crippen molar-refractivity contribution in [3.63, 3.8) is 0 Å². The van der Waals surface area contributed by atoms with Crippen LogP contribution in [0.4, 0.5) is 11.6 Å². The summed E-state index contributed by atoms with van der Waals surface area (Å²) in [5.74, 6) is 1.14. The number of thiazole rings is 1. The number of rotatable bonds is 7. The first-order valence-electron chi connectivity index (χ1n) is 8.31. The molecule has 0 aliphatic carbocycles. The third-order valence-corrected chi connectivity index (χ3v) is 4.49. The Kier molecular flexibility index (Phi) is 5.17. The van der Waals surface area contributed by atoms with Gasteiger partial charge in [0.05, 0.1) is 18.3 Å². The molecule has 0 radical (unpaired) electrons. The molecule has 0 aliphatic heterocycles. The van der Waals surface area contributed by atoms with E-state index in [1.54, 1.807) is 17.2 Å². The van der Waals surface area contributed by atoms with Crippen molar-refractivity contribution in [2.45, 2.75) is 6.54 Å². The molecule has 3 aromatic heterocycles. The molecule has 0 amide bonds. The van der Waals surface area contributed by atoms with Crippen LogP contribution in [0.1, 0.15) is 5.56 Å². The van der Waals surface area contributed by atoms with E-state index in [9.17, 15) is 5.26 Å². The molecular weight excluding hydrogens is 376 g/mol. The van der Waals surface area contributed by atoms with E-state index in [2.05, 4.69) is 36.4 Å². The lowest BCUT2D eigenvalue weighted by Crippen LogP contribution is -2.08. The fourth-order valence-corrected chi connectivity index (χ4v) is 3.04. The number of aromatic nitrogens is 6. The lowest BCUT2D eigenvalue weighted by atomic mass is 10.2. The van der Waals surface area contributed by atoms with Crippen molar-refractivity contribution in [3.05, 3.63) is 60.3 Å². The highest BCUT2D eigenvalue weighted by Gasteiger charge is 2.12. The third kappa shape index (κ3) is 4.11. The van der Waals surface area contributed by atoms with Crippen LogP contribution in [0.5, 0.6) is 5.75 Å². The molecule has 0 bridgehead atoms. The van der Waals surface area contributed by atoms with Crippen LogP contribution in [-0.4, -0.2) is 36.3 Å². The maximum Gasteiger partial charge on any atom is 0.227 e. The monoisotopic (exact) mass is 390 g/mol. The third-order valence-electron chi connectivity index (χ3n) is 3.71. The first-order valence-corrected chi connectivity index (χ1v) is 9.19. The largest absolute Gasteiger partial charge is 0.492 e. The maximum absolute atomic E-state index is 9.26. The van der Waals surface area contributed by atoms with Crippen molar-refractivity contribution in [2.75, 3.05) is 11.9 Å². The summed E-state index contributed by atoms with van der Waals surface area (Å²) >= 11 is 1.42. The predicted molar refractivity (Wildman–Crippen MR) is 103 cm³/mol. The van der Waals surface area contributed by atoms with Gasteiger partial charge in [-0.2, -0.15) is 10.4 Å². The van der Waals surface area contributed by atoms with Crippen molar-refractivity contribution in [1.29, 1.82) is 5.26 Å². The molecule has 3 heterocycles. The molecule has 0 atom stereocenters. The van der Waals surface area contributed by atoms with Gasteiger partial charge in [-0.25, -0.2) is 24.6 Å². The van der Waals surface area contributed by atoms with Crippen molar-refractivity contribution in [1.82, 2.24) is 29.7 Å². The van der Waals surface area contributed by atoms with Crippen LogP contribution in [0.15, 0.2) is 54.7 Å². The molecule has 4 aromatic rings. The fourth-order valence-electron chi connectivity index (χ4n) is 2.40. The summed E-state index contributed by atoms with van der Waals surface area (Å²) in [4.78, 5) is 16.8. The van der Waals surface area contributed by atoms with E-state index in [4.69, 9.17) is 4.74 Å². The minimum absolute atomic E-state index is 0.386. The second-order valence-electron chi connectivity index (χ2n) is 5.56. The van der Waals surface area contributed by atoms with Crippen molar-refractivity contribution in [3.8, 4) is 22.5 Å². The number of nitrogens with zero attached hydrogens (tertiary/aromatic N) is 7. The summed E-state index contributed by atoms with van der Waals surface area (Å²) in [6.07, 6.45) is 6.31. The summed E-state index contributed by atoms with van der Waals surface area (Å²) in [5, 5.41) is 18.9. The first kappa shape index (κ1) is 17.6. The standard InChI is InChI=1S/C18H14N8OS/c19-9-13-10-22-18(25-16(13)17-21-5-8-28-17)24-14-1-3-15(4-2-14)27-7-6-26-12-20-11-23-26/h1-5,8,10-12H,6-7H2,(H,22,24,25). The van der Waals surface area contributed by atoms with Crippen molar-refractivity contribution >= 4 is 23.0 Å². The number of hydrogen-bond donors (Lipinski definition) is 1. The fraction of sp³-hybridized carbons (Fsp3) is 0.111. The molecule has 0 saturated carbocycles. The molecular formula is C18H14N8OS. The minimum Gasteiger partial charge on any atom is -0.492 e. The zero-order chi connectivity index (χ0) is 19.2. The lowest BCUT2D eigenvalue weighted by Gasteiger charge is -2.09. The van der Waals surface area contributed by atoms with E-state index in [-0.39, 0.29) is 0 Å². The number of nitriles is 1. The van der Waals surface area contributed by atoms with Gasteiger partial charge in [-0.15, -0.1) is 11.3 Å². The number of hydrogen-bond acceptors (Lipinski definition) is 9. The van der Waals surface area contributed by atoms with Gasteiger partial charge in [-0.3, -0.25) is 0 Å². The molecule has 138 valence electrons. The molecule has 0 aliphatic rings. The highest BCUT2D eigenvalue weighted by atomic mass is 32.1. The minimum atomic E-state index is 0.386.